The van der Waals surface area contributed by atoms with Crippen LogP contribution in [0.2, 0.25) is 0 Å². The van der Waals surface area contributed by atoms with Gasteiger partial charge in [0.25, 0.3) is 0 Å². The van der Waals surface area contributed by atoms with Crippen molar-refractivity contribution in [3.8, 4) is 11.5 Å². The lowest BCUT2D eigenvalue weighted by molar-refractivity contribution is -0.385. The Labute approximate surface area is 169 Å². The number of hydrogen-bond donors (Lipinski definition) is 0. The van der Waals surface area contributed by atoms with Gasteiger partial charge in [0.05, 0.1) is 9.82 Å². The van der Waals surface area contributed by atoms with Crippen LogP contribution in [0, 0.1) is 16.0 Å². The first-order chi connectivity index (χ1) is 13.7. The van der Waals surface area contributed by atoms with Crippen LogP contribution in [0.1, 0.15) is 37.0 Å². The zero-order valence-corrected chi connectivity index (χ0v) is 17.0. The van der Waals surface area contributed by atoms with Gasteiger partial charge in [0.1, 0.15) is 5.75 Å². The Kier molecular flexibility index (Phi) is 5.99. The highest BCUT2D eigenvalue weighted by Gasteiger charge is 2.31. The van der Waals surface area contributed by atoms with Gasteiger partial charge < -0.3 is 4.74 Å². The van der Waals surface area contributed by atoms with Crippen molar-refractivity contribution in [3.05, 3.63) is 58.1 Å². The largest absolute Gasteiger partial charge is 0.450 e. The summed E-state index contributed by atoms with van der Waals surface area (Å²) in [5.74, 6) is 0.231. The summed E-state index contributed by atoms with van der Waals surface area (Å²) in [7, 11) is -3.83. The molecule has 1 unspecified atom stereocenters. The van der Waals surface area contributed by atoms with Crippen molar-refractivity contribution < 1.29 is 22.9 Å². The second-order valence-electron chi connectivity index (χ2n) is 7.18. The SMILES string of the molecule is CC(=O)c1cccc(Oc2ccc(S(=O)(=O)N3CCCC(C)C3)cc2[N+](=O)[O-])c1. The Morgan fingerprint density at radius 1 is 1.24 bits per heavy atom. The summed E-state index contributed by atoms with van der Waals surface area (Å²) < 4.78 is 32.8. The monoisotopic (exact) mass is 418 g/mol. The number of hydrogen-bond acceptors (Lipinski definition) is 6. The quantitative estimate of drug-likeness (QED) is 0.398. The number of sulfonamides is 1. The summed E-state index contributed by atoms with van der Waals surface area (Å²) in [6.45, 7) is 4.18. The van der Waals surface area contributed by atoms with Crippen LogP contribution in [0.4, 0.5) is 5.69 Å². The van der Waals surface area contributed by atoms with E-state index in [1.54, 1.807) is 18.2 Å². The highest BCUT2D eigenvalue weighted by atomic mass is 32.2. The zero-order valence-electron chi connectivity index (χ0n) is 16.2. The van der Waals surface area contributed by atoms with E-state index in [0.29, 0.717) is 18.7 Å². The number of Topliss-reactive ketones (excluding diaryl/α,β-unsaturated/α-hetero) is 1. The van der Waals surface area contributed by atoms with Crippen LogP contribution < -0.4 is 4.74 Å². The Bertz CT molecular complexity index is 1050. The van der Waals surface area contributed by atoms with Gasteiger partial charge in [0.2, 0.25) is 15.8 Å². The van der Waals surface area contributed by atoms with Crippen LogP contribution in [0.3, 0.4) is 0 Å². The molecule has 0 aromatic heterocycles. The predicted octanol–water partition coefficient (Wildman–Crippen LogP) is 4.01. The molecule has 154 valence electrons. The van der Waals surface area contributed by atoms with Crippen molar-refractivity contribution in [1.29, 1.82) is 0 Å². The van der Waals surface area contributed by atoms with Crippen LogP contribution in [0.25, 0.3) is 0 Å². The summed E-state index contributed by atoms with van der Waals surface area (Å²) in [5.41, 5.74) is -0.0482. The highest BCUT2D eigenvalue weighted by molar-refractivity contribution is 7.89. The van der Waals surface area contributed by atoms with E-state index in [2.05, 4.69) is 0 Å². The Morgan fingerprint density at radius 2 is 2.00 bits per heavy atom. The van der Waals surface area contributed by atoms with Crippen molar-refractivity contribution in [2.24, 2.45) is 5.92 Å². The minimum absolute atomic E-state index is 0.0957. The molecule has 29 heavy (non-hydrogen) atoms. The first kappa shape index (κ1) is 20.9. The van der Waals surface area contributed by atoms with E-state index < -0.39 is 20.6 Å². The number of nitro benzene ring substituents is 1. The van der Waals surface area contributed by atoms with Crippen molar-refractivity contribution >= 4 is 21.5 Å². The Hall–Kier alpha value is -2.78. The summed E-state index contributed by atoms with van der Waals surface area (Å²) in [5, 5.41) is 11.6. The van der Waals surface area contributed by atoms with E-state index >= 15 is 0 Å². The summed E-state index contributed by atoms with van der Waals surface area (Å²) in [4.78, 5) is 22.3. The molecular weight excluding hydrogens is 396 g/mol. The summed E-state index contributed by atoms with van der Waals surface area (Å²) >= 11 is 0. The number of piperidine rings is 1. The van der Waals surface area contributed by atoms with Gasteiger partial charge in [0.15, 0.2) is 5.78 Å². The van der Waals surface area contributed by atoms with Crippen molar-refractivity contribution in [2.45, 2.75) is 31.6 Å². The van der Waals surface area contributed by atoms with Gasteiger partial charge in [0, 0.05) is 24.7 Å². The molecule has 1 aliphatic heterocycles. The maximum atomic E-state index is 12.9. The lowest BCUT2D eigenvalue weighted by Gasteiger charge is -2.30. The molecule has 1 saturated heterocycles. The van der Waals surface area contributed by atoms with E-state index in [9.17, 15) is 23.3 Å². The Morgan fingerprint density at radius 3 is 2.66 bits per heavy atom. The van der Waals surface area contributed by atoms with Gasteiger partial charge in [-0.2, -0.15) is 4.31 Å². The topological polar surface area (TPSA) is 107 Å². The van der Waals surface area contributed by atoms with Gasteiger partial charge in [-0.3, -0.25) is 14.9 Å². The predicted molar refractivity (Wildman–Crippen MR) is 107 cm³/mol. The second-order valence-corrected chi connectivity index (χ2v) is 9.12. The van der Waals surface area contributed by atoms with Crippen LogP contribution in [-0.4, -0.2) is 36.5 Å². The molecule has 8 nitrogen and oxygen atoms in total. The van der Waals surface area contributed by atoms with Crippen molar-refractivity contribution in [2.75, 3.05) is 13.1 Å². The van der Waals surface area contributed by atoms with Crippen molar-refractivity contribution in [1.82, 2.24) is 4.31 Å². The van der Waals surface area contributed by atoms with Gasteiger partial charge in [-0.25, -0.2) is 8.42 Å². The molecular formula is C20H22N2O6S. The fourth-order valence-corrected chi connectivity index (χ4v) is 4.92. The van der Waals surface area contributed by atoms with Crippen LogP contribution in [0.15, 0.2) is 47.4 Å². The van der Waals surface area contributed by atoms with Crippen LogP contribution >= 0.6 is 0 Å². The molecule has 1 fully saturated rings. The van der Waals surface area contributed by atoms with E-state index in [-0.39, 0.29) is 28.1 Å². The molecule has 0 amide bonds. The van der Waals surface area contributed by atoms with Gasteiger partial charge in [-0.1, -0.05) is 19.1 Å². The minimum Gasteiger partial charge on any atom is -0.450 e. The molecule has 0 saturated carbocycles. The molecule has 0 N–H and O–H groups in total. The standard InChI is InChI=1S/C20H22N2O6S/c1-14-5-4-10-21(13-14)29(26,27)18-8-9-20(19(12-18)22(24)25)28-17-7-3-6-16(11-17)15(2)23/h3,6-9,11-12,14H,4-5,10,13H2,1-2H3. The molecule has 1 heterocycles. The normalized spacial score (nSPS) is 17.7. The number of nitro groups is 1. The first-order valence-corrected chi connectivity index (χ1v) is 10.7. The van der Waals surface area contributed by atoms with Crippen LogP contribution in [0.5, 0.6) is 11.5 Å². The third kappa shape index (κ3) is 4.63. The summed E-state index contributed by atoms with van der Waals surface area (Å²) in [6.07, 6.45) is 1.72. The number of ketones is 1. The first-order valence-electron chi connectivity index (χ1n) is 9.26. The number of carbonyl (C=O) groups is 1. The molecule has 3 rings (SSSR count). The molecule has 0 bridgehead atoms. The van der Waals surface area contributed by atoms with Gasteiger partial charge >= 0.3 is 5.69 Å². The molecule has 0 radical (unpaired) electrons. The smallest absolute Gasteiger partial charge is 0.312 e. The van der Waals surface area contributed by atoms with E-state index in [1.807, 2.05) is 6.92 Å². The summed E-state index contributed by atoms with van der Waals surface area (Å²) in [6, 6.07) is 9.87. The van der Waals surface area contributed by atoms with Gasteiger partial charge in [-0.05, 0) is 49.9 Å². The molecule has 1 aliphatic rings. The van der Waals surface area contributed by atoms with E-state index in [4.69, 9.17) is 4.74 Å². The molecule has 1 atom stereocenters. The lowest BCUT2D eigenvalue weighted by atomic mass is 10.0. The fraction of sp³-hybridized carbons (Fsp3) is 0.350. The third-order valence-corrected chi connectivity index (χ3v) is 6.71. The zero-order chi connectivity index (χ0) is 21.2. The van der Waals surface area contributed by atoms with Gasteiger partial charge in [-0.15, -0.1) is 0 Å². The molecule has 0 aliphatic carbocycles. The Balaban J connectivity index is 1.94. The number of carbonyl (C=O) groups excluding carboxylic acids is 1. The number of nitrogens with zero attached hydrogens (tertiary/aromatic N) is 2. The molecule has 0 spiro atoms. The average molecular weight is 418 g/mol. The molecule has 2 aromatic carbocycles. The molecule has 9 heteroatoms. The van der Waals surface area contributed by atoms with Crippen molar-refractivity contribution in [3.63, 3.8) is 0 Å². The van der Waals surface area contributed by atoms with E-state index in [0.717, 1.165) is 18.9 Å². The van der Waals surface area contributed by atoms with Crippen LogP contribution in [-0.2, 0) is 10.0 Å². The highest BCUT2D eigenvalue weighted by Crippen LogP contribution is 2.35. The maximum absolute atomic E-state index is 12.9. The number of ether oxygens (including phenoxy) is 1. The lowest BCUT2D eigenvalue weighted by Crippen LogP contribution is -2.39. The number of benzene rings is 2. The second kappa shape index (κ2) is 8.30. The minimum atomic E-state index is -3.83. The number of rotatable bonds is 6. The fourth-order valence-electron chi connectivity index (χ4n) is 3.31. The van der Waals surface area contributed by atoms with E-state index in [1.165, 1.54) is 29.4 Å². The molecule has 2 aromatic rings. The maximum Gasteiger partial charge on any atom is 0.312 e. The average Bonchev–Trinajstić information content (AvgIpc) is 2.68. The third-order valence-electron chi connectivity index (χ3n) is 4.85.